The van der Waals surface area contributed by atoms with Crippen LogP contribution in [0.3, 0.4) is 0 Å². The van der Waals surface area contributed by atoms with Crippen LogP contribution < -0.4 is 4.74 Å². The highest BCUT2D eigenvalue weighted by Crippen LogP contribution is 2.17. The maximum Gasteiger partial charge on any atom is 0.263 e. The average Bonchev–Trinajstić information content (AvgIpc) is 2.70. The number of piperazine rings is 1. The Labute approximate surface area is 166 Å². The topological polar surface area (TPSA) is 32.8 Å². The van der Waals surface area contributed by atoms with Gasteiger partial charge in [0.05, 0.1) is 0 Å². The summed E-state index contributed by atoms with van der Waals surface area (Å²) in [5.74, 6) is 0.689. The van der Waals surface area contributed by atoms with Crippen LogP contribution >= 0.6 is 11.6 Å². The Morgan fingerprint density at radius 2 is 1.74 bits per heavy atom. The van der Waals surface area contributed by atoms with Gasteiger partial charge in [0.25, 0.3) is 5.91 Å². The van der Waals surface area contributed by atoms with E-state index in [1.807, 2.05) is 23.1 Å². The molecule has 5 heteroatoms. The van der Waals surface area contributed by atoms with Crippen molar-refractivity contribution < 1.29 is 9.53 Å². The van der Waals surface area contributed by atoms with Crippen LogP contribution in [0.1, 0.15) is 12.5 Å². The summed E-state index contributed by atoms with van der Waals surface area (Å²) in [6.07, 6.45) is 3.81. The molecule has 0 saturated carbocycles. The first-order chi connectivity index (χ1) is 13.1. The molecule has 1 unspecified atom stereocenters. The minimum atomic E-state index is -0.504. The molecule has 0 N–H and O–H groups in total. The summed E-state index contributed by atoms with van der Waals surface area (Å²) in [6, 6.07) is 17.4. The summed E-state index contributed by atoms with van der Waals surface area (Å²) in [6.45, 7) is 5.90. The van der Waals surface area contributed by atoms with Gasteiger partial charge in [0.2, 0.25) is 0 Å². The van der Waals surface area contributed by atoms with Gasteiger partial charge in [-0.1, -0.05) is 54.1 Å². The van der Waals surface area contributed by atoms with Crippen LogP contribution in [-0.4, -0.2) is 54.5 Å². The molecule has 1 amide bonds. The first-order valence-corrected chi connectivity index (χ1v) is 9.64. The summed E-state index contributed by atoms with van der Waals surface area (Å²) in [7, 11) is 0. The highest BCUT2D eigenvalue weighted by atomic mass is 35.5. The van der Waals surface area contributed by atoms with E-state index in [1.54, 1.807) is 31.2 Å². The molecule has 3 rings (SSSR count). The zero-order valence-corrected chi connectivity index (χ0v) is 16.3. The summed E-state index contributed by atoms with van der Waals surface area (Å²) in [5.41, 5.74) is 1.21. The van der Waals surface area contributed by atoms with Crippen LogP contribution in [0.25, 0.3) is 6.08 Å². The molecule has 2 aromatic rings. The molecular weight excluding hydrogens is 360 g/mol. The van der Waals surface area contributed by atoms with Crippen molar-refractivity contribution in [1.29, 1.82) is 0 Å². The van der Waals surface area contributed by atoms with Crippen molar-refractivity contribution in [3.8, 4) is 5.75 Å². The van der Waals surface area contributed by atoms with Crippen LogP contribution in [-0.2, 0) is 4.79 Å². The van der Waals surface area contributed by atoms with Crippen molar-refractivity contribution >= 4 is 23.6 Å². The molecule has 27 heavy (non-hydrogen) atoms. The number of amides is 1. The lowest BCUT2D eigenvalue weighted by molar-refractivity contribution is -0.139. The first-order valence-electron chi connectivity index (χ1n) is 9.27. The first kappa shape index (κ1) is 19.5. The van der Waals surface area contributed by atoms with Crippen LogP contribution in [0.4, 0.5) is 0 Å². The average molecular weight is 385 g/mol. The van der Waals surface area contributed by atoms with Crippen LogP contribution in [0.5, 0.6) is 5.75 Å². The predicted molar refractivity (Wildman–Crippen MR) is 110 cm³/mol. The van der Waals surface area contributed by atoms with Gasteiger partial charge in [0, 0.05) is 37.7 Å². The third-order valence-electron chi connectivity index (χ3n) is 4.63. The molecule has 1 fully saturated rings. The lowest BCUT2D eigenvalue weighted by atomic mass is 10.2. The Bertz CT molecular complexity index is 754. The van der Waals surface area contributed by atoms with Gasteiger partial charge in [-0.25, -0.2) is 0 Å². The van der Waals surface area contributed by atoms with Crippen molar-refractivity contribution in [1.82, 2.24) is 9.80 Å². The normalized spacial score (nSPS) is 16.4. The Balaban J connectivity index is 1.43. The fourth-order valence-electron chi connectivity index (χ4n) is 3.08. The smallest absolute Gasteiger partial charge is 0.263 e. The Morgan fingerprint density at radius 3 is 2.41 bits per heavy atom. The maximum atomic E-state index is 12.6. The van der Waals surface area contributed by atoms with Gasteiger partial charge in [-0.2, -0.15) is 0 Å². The molecule has 0 aliphatic carbocycles. The second kappa shape index (κ2) is 9.58. The molecule has 0 aromatic heterocycles. The Kier molecular flexibility index (Phi) is 6.91. The third kappa shape index (κ3) is 5.84. The van der Waals surface area contributed by atoms with E-state index in [4.69, 9.17) is 16.3 Å². The number of rotatable bonds is 6. The maximum absolute atomic E-state index is 12.6. The van der Waals surface area contributed by atoms with Crippen molar-refractivity contribution in [3.05, 3.63) is 71.3 Å². The second-order valence-corrected chi connectivity index (χ2v) is 7.09. The van der Waals surface area contributed by atoms with Crippen molar-refractivity contribution in [2.24, 2.45) is 0 Å². The van der Waals surface area contributed by atoms with Crippen LogP contribution in [0, 0.1) is 0 Å². The fraction of sp³-hybridized carbons (Fsp3) is 0.318. The van der Waals surface area contributed by atoms with Gasteiger partial charge >= 0.3 is 0 Å². The highest BCUT2D eigenvalue weighted by molar-refractivity contribution is 6.30. The molecule has 1 saturated heterocycles. The van der Waals surface area contributed by atoms with Gasteiger partial charge < -0.3 is 9.64 Å². The molecule has 2 aromatic carbocycles. The molecule has 142 valence electrons. The zero-order valence-electron chi connectivity index (χ0n) is 15.6. The van der Waals surface area contributed by atoms with Crippen molar-refractivity contribution in [3.63, 3.8) is 0 Å². The van der Waals surface area contributed by atoms with Gasteiger partial charge in [-0.3, -0.25) is 9.69 Å². The largest absolute Gasteiger partial charge is 0.481 e. The quantitative estimate of drug-likeness (QED) is 0.755. The second-order valence-electron chi connectivity index (χ2n) is 6.65. The van der Waals surface area contributed by atoms with Gasteiger partial charge in [-0.05, 0) is 36.8 Å². The number of carbonyl (C=O) groups excluding carboxylic acids is 1. The summed E-state index contributed by atoms with van der Waals surface area (Å²) in [4.78, 5) is 16.9. The SMILES string of the molecule is CC(Oc1ccc(Cl)cc1)C(=O)N1CCN(CC=Cc2ccccc2)CC1. The Morgan fingerprint density at radius 1 is 1.07 bits per heavy atom. The van der Waals surface area contributed by atoms with E-state index in [2.05, 4.69) is 29.2 Å². The lowest BCUT2D eigenvalue weighted by Gasteiger charge is -2.35. The third-order valence-corrected chi connectivity index (χ3v) is 4.88. The molecule has 4 nitrogen and oxygen atoms in total. The monoisotopic (exact) mass is 384 g/mol. The van der Waals surface area contributed by atoms with E-state index in [0.717, 1.165) is 32.7 Å². The van der Waals surface area contributed by atoms with Gasteiger partial charge in [0.1, 0.15) is 5.75 Å². The molecular formula is C22H25ClN2O2. The number of ether oxygens (including phenoxy) is 1. The predicted octanol–water partition coefficient (Wildman–Crippen LogP) is 3.96. The molecule has 0 bridgehead atoms. The molecule has 1 aliphatic heterocycles. The fourth-order valence-corrected chi connectivity index (χ4v) is 3.20. The van der Waals surface area contributed by atoms with Gasteiger partial charge in [0.15, 0.2) is 6.10 Å². The molecule has 1 atom stereocenters. The van der Waals surface area contributed by atoms with E-state index in [9.17, 15) is 4.79 Å². The Hall–Kier alpha value is -2.30. The molecule has 0 spiro atoms. The van der Waals surface area contributed by atoms with Crippen LogP contribution in [0.15, 0.2) is 60.7 Å². The molecule has 1 aliphatic rings. The minimum absolute atomic E-state index is 0.0319. The van der Waals surface area contributed by atoms with E-state index in [0.29, 0.717) is 10.8 Å². The van der Waals surface area contributed by atoms with E-state index in [-0.39, 0.29) is 5.91 Å². The lowest BCUT2D eigenvalue weighted by Crippen LogP contribution is -2.51. The van der Waals surface area contributed by atoms with Gasteiger partial charge in [-0.15, -0.1) is 0 Å². The number of halogens is 1. The van der Waals surface area contributed by atoms with E-state index >= 15 is 0 Å². The molecule has 1 heterocycles. The summed E-state index contributed by atoms with van der Waals surface area (Å²) < 4.78 is 5.75. The van der Waals surface area contributed by atoms with E-state index in [1.165, 1.54) is 5.56 Å². The number of hydrogen-bond donors (Lipinski definition) is 0. The van der Waals surface area contributed by atoms with Crippen LogP contribution in [0.2, 0.25) is 5.02 Å². The van der Waals surface area contributed by atoms with Crippen molar-refractivity contribution in [2.75, 3.05) is 32.7 Å². The number of benzene rings is 2. The van der Waals surface area contributed by atoms with Crippen molar-refractivity contribution in [2.45, 2.75) is 13.0 Å². The number of carbonyl (C=O) groups is 1. The molecule has 0 radical (unpaired) electrons. The van der Waals surface area contributed by atoms with E-state index < -0.39 is 6.10 Å². The minimum Gasteiger partial charge on any atom is -0.481 e. The summed E-state index contributed by atoms with van der Waals surface area (Å²) in [5, 5.41) is 0.652. The summed E-state index contributed by atoms with van der Waals surface area (Å²) >= 11 is 5.88. The number of nitrogens with zero attached hydrogens (tertiary/aromatic N) is 2. The number of hydrogen-bond acceptors (Lipinski definition) is 3. The standard InChI is InChI=1S/C22H25ClN2O2/c1-18(27-21-11-9-20(23)10-12-21)22(26)25-16-14-24(15-17-25)13-5-8-19-6-3-2-4-7-19/h2-12,18H,13-17H2,1H3. The zero-order chi connectivity index (χ0) is 19.1. The highest BCUT2D eigenvalue weighted by Gasteiger charge is 2.25.